The van der Waals surface area contributed by atoms with Crippen LogP contribution >= 0.6 is 0 Å². The van der Waals surface area contributed by atoms with Crippen molar-refractivity contribution >= 4 is 0 Å². The van der Waals surface area contributed by atoms with Crippen molar-refractivity contribution in [1.29, 1.82) is 0 Å². The number of rotatable bonds is 5. The van der Waals surface area contributed by atoms with Crippen molar-refractivity contribution in [3.63, 3.8) is 0 Å². The molecule has 1 N–H and O–H groups in total. The first-order valence-corrected chi connectivity index (χ1v) is 7.14. The lowest BCUT2D eigenvalue weighted by atomic mass is 10.0. The highest BCUT2D eigenvalue weighted by atomic mass is 15.3. The molecule has 0 aromatic carbocycles. The number of nitrogens with zero attached hydrogens (tertiary/aromatic N) is 3. The van der Waals surface area contributed by atoms with E-state index in [1.54, 1.807) is 0 Å². The zero-order valence-corrected chi connectivity index (χ0v) is 11.9. The average Bonchev–Trinajstić information content (AvgIpc) is 2.71. The van der Waals surface area contributed by atoms with E-state index in [2.05, 4.69) is 42.4 Å². The Labute approximate surface area is 110 Å². The second kappa shape index (κ2) is 6.34. The molecule has 1 aliphatic rings. The van der Waals surface area contributed by atoms with Gasteiger partial charge in [-0.1, -0.05) is 6.42 Å². The molecular weight excluding hydrogens is 224 g/mol. The molecule has 0 saturated carbocycles. The molecule has 1 aromatic heterocycles. The van der Waals surface area contributed by atoms with Crippen molar-refractivity contribution in [3.05, 3.63) is 17.5 Å². The van der Waals surface area contributed by atoms with E-state index in [9.17, 15) is 0 Å². The van der Waals surface area contributed by atoms with E-state index in [-0.39, 0.29) is 0 Å². The molecule has 0 amide bonds. The molecule has 2 heterocycles. The van der Waals surface area contributed by atoms with Gasteiger partial charge in [0.15, 0.2) is 0 Å². The molecule has 18 heavy (non-hydrogen) atoms. The summed E-state index contributed by atoms with van der Waals surface area (Å²) in [5.74, 6) is 0. The highest BCUT2D eigenvalue weighted by Gasteiger charge is 2.15. The Hall–Kier alpha value is -0.870. The molecule has 2 rings (SSSR count). The van der Waals surface area contributed by atoms with Crippen molar-refractivity contribution in [3.8, 4) is 0 Å². The largest absolute Gasteiger partial charge is 0.313 e. The summed E-state index contributed by atoms with van der Waals surface area (Å²) in [6.07, 6.45) is 6.21. The van der Waals surface area contributed by atoms with E-state index in [1.165, 1.54) is 37.1 Å². The summed E-state index contributed by atoms with van der Waals surface area (Å²) in [4.78, 5) is 2.41. The van der Waals surface area contributed by atoms with Crippen molar-refractivity contribution in [2.45, 2.75) is 52.2 Å². The predicted molar refractivity (Wildman–Crippen MR) is 74.6 cm³/mol. The van der Waals surface area contributed by atoms with E-state index in [0.29, 0.717) is 6.04 Å². The van der Waals surface area contributed by atoms with Gasteiger partial charge in [0.2, 0.25) is 0 Å². The Kier molecular flexibility index (Phi) is 4.78. The lowest BCUT2D eigenvalue weighted by Crippen LogP contribution is -2.42. The van der Waals surface area contributed by atoms with Crippen molar-refractivity contribution in [1.82, 2.24) is 20.0 Å². The van der Waals surface area contributed by atoms with Crippen LogP contribution in [-0.4, -0.2) is 40.9 Å². The van der Waals surface area contributed by atoms with Gasteiger partial charge in [-0.15, -0.1) is 0 Å². The van der Waals surface area contributed by atoms with Crippen molar-refractivity contribution in [2.75, 3.05) is 20.1 Å². The molecule has 4 heteroatoms. The molecule has 1 aromatic rings. The maximum absolute atomic E-state index is 4.50. The fourth-order valence-electron chi connectivity index (χ4n) is 2.69. The molecule has 4 nitrogen and oxygen atoms in total. The molecule has 0 radical (unpaired) electrons. The topological polar surface area (TPSA) is 33.1 Å². The third-order valence-electron chi connectivity index (χ3n) is 3.76. The summed E-state index contributed by atoms with van der Waals surface area (Å²) in [5, 5.41) is 8.11. The SMILES string of the molecule is CCn1cc(CN(C)CC2CCCCN2)c(C)n1. The molecule has 1 atom stereocenters. The zero-order chi connectivity index (χ0) is 13.0. The van der Waals surface area contributed by atoms with E-state index >= 15 is 0 Å². The van der Waals surface area contributed by atoms with Crippen molar-refractivity contribution < 1.29 is 0 Å². The van der Waals surface area contributed by atoms with Crippen molar-refractivity contribution in [2.24, 2.45) is 0 Å². The van der Waals surface area contributed by atoms with Crippen LogP contribution in [-0.2, 0) is 13.1 Å². The summed E-state index contributed by atoms with van der Waals surface area (Å²) in [6.45, 7) is 8.51. The highest BCUT2D eigenvalue weighted by Crippen LogP contribution is 2.12. The number of hydrogen-bond acceptors (Lipinski definition) is 3. The maximum Gasteiger partial charge on any atom is 0.0638 e. The van der Waals surface area contributed by atoms with Crippen LogP contribution in [0.25, 0.3) is 0 Å². The third-order valence-corrected chi connectivity index (χ3v) is 3.76. The quantitative estimate of drug-likeness (QED) is 0.865. The molecular formula is C14H26N4. The second-order valence-corrected chi connectivity index (χ2v) is 5.44. The van der Waals surface area contributed by atoms with Crippen LogP contribution in [0, 0.1) is 6.92 Å². The first-order chi connectivity index (χ1) is 8.69. The Morgan fingerprint density at radius 3 is 2.94 bits per heavy atom. The Balaban J connectivity index is 1.85. The number of nitrogens with one attached hydrogen (secondary N) is 1. The predicted octanol–water partition coefficient (Wildman–Crippen LogP) is 1.79. The summed E-state index contributed by atoms with van der Waals surface area (Å²) in [5.41, 5.74) is 2.52. The van der Waals surface area contributed by atoms with Gasteiger partial charge in [-0.3, -0.25) is 4.68 Å². The Morgan fingerprint density at radius 1 is 1.50 bits per heavy atom. The van der Waals surface area contributed by atoms with Crippen LogP contribution in [0.4, 0.5) is 0 Å². The number of likely N-dealkylation sites (N-methyl/N-ethyl adjacent to an activating group) is 1. The smallest absolute Gasteiger partial charge is 0.0638 e. The molecule has 0 aliphatic carbocycles. The number of aromatic nitrogens is 2. The van der Waals surface area contributed by atoms with Gasteiger partial charge in [-0.2, -0.15) is 5.10 Å². The normalized spacial score (nSPS) is 20.6. The minimum absolute atomic E-state index is 0.672. The van der Waals surface area contributed by atoms with E-state index in [0.717, 1.165) is 19.6 Å². The van der Waals surface area contributed by atoms with Gasteiger partial charge < -0.3 is 10.2 Å². The van der Waals surface area contributed by atoms with Crippen LogP contribution in [0.1, 0.15) is 37.4 Å². The molecule has 0 spiro atoms. The first-order valence-electron chi connectivity index (χ1n) is 7.14. The van der Waals surface area contributed by atoms with Crippen LogP contribution < -0.4 is 5.32 Å². The van der Waals surface area contributed by atoms with Gasteiger partial charge in [-0.05, 0) is 40.3 Å². The second-order valence-electron chi connectivity index (χ2n) is 5.44. The van der Waals surface area contributed by atoms with E-state index < -0.39 is 0 Å². The molecule has 1 aliphatic heterocycles. The van der Waals surface area contributed by atoms with E-state index in [4.69, 9.17) is 0 Å². The van der Waals surface area contributed by atoms with Gasteiger partial charge in [0.1, 0.15) is 0 Å². The number of hydrogen-bond donors (Lipinski definition) is 1. The number of aryl methyl sites for hydroxylation is 2. The lowest BCUT2D eigenvalue weighted by Gasteiger charge is -2.28. The van der Waals surface area contributed by atoms with Crippen LogP contribution in [0.5, 0.6) is 0 Å². The average molecular weight is 250 g/mol. The summed E-state index contributed by atoms with van der Waals surface area (Å²) >= 11 is 0. The fraction of sp³-hybridized carbons (Fsp3) is 0.786. The van der Waals surface area contributed by atoms with Crippen LogP contribution in [0.3, 0.4) is 0 Å². The fourth-order valence-corrected chi connectivity index (χ4v) is 2.69. The van der Waals surface area contributed by atoms with Crippen LogP contribution in [0.2, 0.25) is 0 Å². The minimum atomic E-state index is 0.672. The molecule has 0 bridgehead atoms. The van der Waals surface area contributed by atoms with Gasteiger partial charge in [0.25, 0.3) is 0 Å². The van der Waals surface area contributed by atoms with Gasteiger partial charge in [-0.25, -0.2) is 0 Å². The Bertz CT molecular complexity index is 366. The third kappa shape index (κ3) is 3.56. The van der Waals surface area contributed by atoms with Gasteiger partial charge >= 0.3 is 0 Å². The molecule has 1 fully saturated rings. The highest BCUT2D eigenvalue weighted by molar-refractivity contribution is 5.15. The molecule has 1 unspecified atom stereocenters. The van der Waals surface area contributed by atoms with E-state index in [1.807, 2.05) is 4.68 Å². The summed E-state index contributed by atoms with van der Waals surface area (Å²) < 4.78 is 2.03. The van der Waals surface area contributed by atoms with Gasteiger partial charge in [0.05, 0.1) is 5.69 Å². The monoisotopic (exact) mass is 250 g/mol. The standard InChI is InChI=1S/C14H26N4/c1-4-18-10-13(12(2)16-18)9-17(3)11-14-7-5-6-8-15-14/h10,14-15H,4-9,11H2,1-3H3. The maximum atomic E-state index is 4.50. The zero-order valence-electron chi connectivity index (χ0n) is 11.9. The van der Waals surface area contributed by atoms with Crippen LogP contribution in [0.15, 0.2) is 6.20 Å². The van der Waals surface area contributed by atoms with Gasteiger partial charge in [0, 0.05) is 37.4 Å². The Morgan fingerprint density at radius 2 is 2.33 bits per heavy atom. The molecule has 1 saturated heterocycles. The minimum Gasteiger partial charge on any atom is -0.313 e. The lowest BCUT2D eigenvalue weighted by molar-refractivity contribution is 0.256. The number of piperidine rings is 1. The molecule has 102 valence electrons. The summed E-state index contributed by atoms with van der Waals surface area (Å²) in [7, 11) is 2.21. The summed E-state index contributed by atoms with van der Waals surface area (Å²) in [6, 6.07) is 0.672. The first kappa shape index (κ1) is 13.6.